The Morgan fingerprint density at radius 1 is 1.21 bits per heavy atom. The minimum atomic E-state index is -2.73. The molecule has 0 bridgehead atoms. The van der Waals surface area contributed by atoms with Gasteiger partial charge in [-0.25, -0.2) is 18.4 Å². The van der Waals surface area contributed by atoms with Gasteiger partial charge in [-0.2, -0.15) is 9.97 Å². The van der Waals surface area contributed by atoms with Crippen molar-refractivity contribution >= 4 is 22.9 Å². The van der Waals surface area contributed by atoms with Gasteiger partial charge in [0, 0.05) is 18.5 Å². The summed E-state index contributed by atoms with van der Waals surface area (Å²) in [4.78, 5) is 18.2. The topological polar surface area (TPSA) is 109 Å². The number of H-pyrrole nitrogens is 1. The van der Waals surface area contributed by atoms with E-state index in [4.69, 9.17) is 4.63 Å². The summed E-state index contributed by atoms with van der Waals surface area (Å²) in [6, 6.07) is 0. The fraction of sp³-hybridized carbons (Fsp3) is 0.588. The van der Waals surface area contributed by atoms with E-state index in [1.54, 1.807) is 11.8 Å². The molecule has 1 saturated heterocycles. The number of hydrogen-bond acceptors (Lipinski definition) is 8. The zero-order chi connectivity index (χ0) is 20.1. The Morgan fingerprint density at radius 3 is 2.61 bits per heavy atom. The van der Waals surface area contributed by atoms with Crippen molar-refractivity contribution in [1.82, 2.24) is 30.2 Å². The molecule has 0 atom stereocenters. The summed E-state index contributed by atoms with van der Waals surface area (Å²) in [7, 11) is 0. The predicted molar refractivity (Wildman–Crippen MR) is 98.7 cm³/mol. The van der Waals surface area contributed by atoms with Gasteiger partial charge in [0.25, 0.3) is 5.92 Å². The van der Waals surface area contributed by atoms with Gasteiger partial charge in [-0.15, -0.1) is 0 Å². The fourth-order valence-corrected chi connectivity index (χ4v) is 3.12. The summed E-state index contributed by atoms with van der Waals surface area (Å²) in [5.74, 6) is -1.38. The Kier molecular flexibility index (Phi) is 4.20. The van der Waals surface area contributed by atoms with E-state index in [-0.39, 0.29) is 25.0 Å². The van der Waals surface area contributed by atoms with Gasteiger partial charge in [0.15, 0.2) is 11.5 Å². The van der Waals surface area contributed by atoms with Crippen LogP contribution in [0.25, 0.3) is 11.2 Å². The first-order valence-electron chi connectivity index (χ1n) is 9.05. The second kappa shape index (κ2) is 6.35. The molecule has 1 aliphatic rings. The van der Waals surface area contributed by atoms with Crippen molar-refractivity contribution in [3.05, 3.63) is 17.2 Å². The second-order valence-electron chi connectivity index (χ2n) is 8.13. The zero-order valence-corrected chi connectivity index (χ0v) is 16.2. The number of fused-ring (bicyclic) bond motifs is 1. The summed E-state index contributed by atoms with van der Waals surface area (Å²) in [6.07, 6.45) is 0.161. The molecule has 0 spiro atoms. The van der Waals surface area contributed by atoms with E-state index < -0.39 is 5.92 Å². The lowest BCUT2D eigenvalue weighted by Gasteiger charge is -2.22. The Labute approximate surface area is 159 Å². The van der Waals surface area contributed by atoms with Gasteiger partial charge < -0.3 is 15.2 Å². The first-order valence-corrected chi connectivity index (χ1v) is 9.05. The second-order valence-corrected chi connectivity index (χ2v) is 8.13. The maximum Gasteiger partial charge on any atom is 0.266 e. The van der Waals surface area contributed by atoms with Crippen molar-refractivity contribution in [2.75, 3.05) is 23.3 Å². The summed E-state index contributed by atoms with van der Waals surface area (Å²) in [5, 5.41) is 10.8. The van der Waals surface area contributed by atoms with Gasteiger partial charge in [0.1, 0.15) is 22.7 Å². The predicted octanol–water partition coefficient (Wildman–Crippen LogP) is 2.69. The van der Waals surface area contributed by atoms with Crippen LogP contribution >= 0.6 is 0 Å². The van der Waals surface area contributed by atoms with Crippen LogP contribution in [-0.4, -0.2) is 54.8 Å². The molecule has 0 aromatic carbocycles. The molecule has 0 radical (unpaired) electrons. The van der Waals surface area contributed by atoms with E-state index in [2.05, 4.69) is 35.6 Å². The third-order valence-corrected chi connectivity index (χ3v) is 4.42. The highest BCUT2D eigenvalue weighted by Crippen LogP contribution is 2.33. The highest BCUT2D eigenvalue weighted by Gasteiger charge is 2.40. The Morgan fingerprint density at radius 2 is 2.00 bits per heavy atom. The van der Waals surface area contributed by atoms with E-state index in [1.165, 1.54) is 0 Å². The zero-order valence-electron chi connectivity index (χ0n) is 16.2. The van der Waals surface area contributed by atoms with Crippen molar-refractivity contribution in [3.8, 4) is 0 Å². The summed E-state index contributed by atoms with van der Waals surface area (Å²) < 4.78 is 32.3. The standard InChI is InChI=1S/C17H22F2N8O/c1-9-10(26-28-25-9)7-11-20-12-13(21-11)22-15(24-16(2,3)4)23-14(12)27-6-5-17(18,19)8-27/h5-8H2,1-4H3,(H2,20,21,22,23,24). The maximum atomic E-state index is 13.8. The van der Waals surface area contributed by atoms with Gasteiger partial charge in [-0.3, -0.25) is 0 Å². The number of rotatable bonds is 4. The number of hydrogen-bond donors (Lipinski definition) is 2. The van der Waals surface area contributed by atoms with Crippen LogP contribution in [0.4, 0.5) is 20.5 Å². The van der Waals surface area contributed by atoms with Gasteiger partial charge in [-0.05, 0) is 27.7 Å². The summed E-state index contributed by atoms with van der Waals surface area (Å²) in [5.41, 5.74) is 1.97. The molecule has 1 aliphatic heterocycles. The van der Waals surface area contributed by atoms with Crippen molar-refractivity contribution in [2.45, 2.75) is 52.0 Å². The molecule has 0 amide bonds. The highest BCUT2D eigenvalue weighted by molar-refractivity contribution is 5.85. The average Bonchev–Trinajstić information content (AvgIpc) is 3.24. The quantitative estimate of drug-likeness (QED) is 0.698. The molecule has 150 valence electrons. The molecule has 28 heavy (non-hydrogen) atoms. The lowest BCUT2D eigenvalue weighted by molar-refractivity contribution is 0.0257. The molecule has 9 nitrogen and oxygen atoms in total. The molecule has 4 heterocycles. The van der Waals surface area contributed by atoms with E-state index >= 15 is 0 Å². The molecule has 0 aliphatic carbocycles. The largest absolute Gasteiger partial charge is 0.350 e. The minimum absolute atomic E-state index is 0.203. The molecular weight excluding hydrogens is 370 g/mol. The van der Waals surface area contributed by atoms with Crippen LogP contribution in [0, 0.1) is 6.92 Å². The molecular formula is C17H22F2N8O. The molecule has 0 saturated carbocycles. The number of anilines is 2. The molecule has 2 N–H and O–H groups in total. The van der Waals surface area contributed by atoms with Crippen LogP contribution < -0.4 is 10.2 Å². The maximum absolute atomic E-state index is 13.8. The monoisotopic (exact) mass is 392 g/mol. The SMILES string of the molecule is Cc1nonc1Cc1nc2nc(NC(C)(C)C)nc(N3CCC(F)(F)C3)c2[nH]1. The highest BCUT2D eigenvalue weighted by atomic mass is 19.3. The molecule has 4 rings (SSSR count). The van der Waals surface area contributed by atoms with E-state index in [1.807, 2.05) is 20.8 Å². The van der Waals surface area contributed by atoms with Crippen molar-refractivity contribution in [2.24, 2.45) is 0 Å². The minimum Gasteiger partial charge on any atom is -0.350 e. The fourth-order valence-electron chi connectivity index (χ4n) is 3.12. The molecule has 1 fully saturated rings. The Balaban J connectivity index is 1.76. The third-order valence-electron chi connectivity index (χ3n) is 4.42. The Bertz CT molecular complexity index is 1010. The summed E-state index contributed by atoms with van der Waals surface area (Å²) in [6.45, 7) is 7.54. The third kappa shape index (κ3) is 3.73. The lowest BCUT2D eigenvalue weighted by atomic mass is 10.1. The smallest absolute Gasteiger partial charge is 0.266 e. The summed E-state index contributed by atoms with van der Waals surface area (Å²) >= 11 is 0. The number of alkyl halides is 2. The van der Waals surface area contributed by atoms with Gasteiger partial charge in [0.2, 0.25) is 5.95 Å². The van der Waals surface area contributed by atoms with Gasteiger partial charge in [0.05, 0.1) is 13.0 Å². The van der Waals surface area contributed by atoms with Crippen molar-refractivity contribution < 1.29 is 13.4 Å². The number of nitrogens with zero attached hydrogens (tertiary/aromatic N) is 6. The van der Waals surface area contributed by atoms with Gasteiger partial charge >= 0.3 is 0 Å². The first-order chi connectivity index (χ1) is 13.1. The number of halogens is 2. The van der Waals surface area contributed by atoms with E-state index in [0.29, 0.717) is 46.6 Å². The number of aromatic nitrogens is 6. The number of imidazole rings is 1. The van der Waals surface area contributed by atoms with Crippen LogP contribution in [-0.2, 0) is 6.42 Å². The van der Waals surface area contributed by atoms with Crippen LogP contribution in [0.3, 0.4) is 0 Å². The molecule has 0 unspecified atom stereocenters. The van der Waals surface area contributed by atoms with E-state index in [0.717, 1.165) is 0 Å². The number of nitrogens with one attached hydrogen (secondary N) is 2. The van der Waals surface area contributed by atoms with Crippen molar-refractivity contribution in [1.29, 1.82) is 0 Å². The lowest BCUT2D eigenvalue weighted by Crippen LogP contribution is -2.29. The molecule has 11 heteroatoms. The Hall–Kier alpha value is -2.85. The molecule has 3 aromatic heterocycles. The first kappa shape index (κ1) is 18.5. The van der Waals surface area contributed by atoms with Crippen molar-refractivity contribution in [3.63, 3.8) is 0 Å². The average molecular weight is 392 g/mol. The van der Waals surface area contributed by atoms with Crippen LogP contribution in [0.15, 0.2) is 4.63 Å². The van der Waals surface area contributed by atoms with E-state index in [9.17, 15) is 8.78 Å². The normalized spacial score (nSPS) is 16.9. The number of aromatic amines is 1. The van der Waals surface area contributed by atoms with Crippen LogP contribution in [0.2, 0.25) is 0 Å². The van der Waals surface area contributed by atoms with Gasteiger partial charge in [-0.1, -0.05) is 10.3 Å². The van der Waals surface area contributed by atoms with Crippen LogP contribution in [0.1, 0.15) is 44.4 Å². The molecule has 3 aromatic rings. The van der Waals surface area contributed by atoms with Crippen LogP contribution in [0.5, 0.6) is 0 Å². The number of aryl methyl sites for hydroxylation is 1.